The number of rotatable bonds is 6. The Kier molecular flexibility index (Phi) is 6.52. The highest BCUT2D eigenvalue weighted by atomic mass is 35.5. The third-order valence-corrected chi connectivity index (χ3v) is 6.91. The minimum atomic E-state index is -4.07. The van der Waals surface area contributed by atoms with E-state index in [9.17, 15) is 13.2 Å². The van der Waals surface area contributed by atoms with Crippen molar-refractivity contribution in [2.75, 3.05) is 4.72 Å². The molecule has 3 rings (SSSR count). The molecule has 0 aliphatic heterocycles. The molecule has 1 amide bonds. The molecule has 0 unspecified atom stereocenters. The van der Waals surface area contributed by atoms with Crippen LogP contribution in [0.2, 0.25) is 15.1 Å². The van der Waals surface area contributed by atoms with Crippen LogP contribution in [-0.2, 0) is 16.6 Å². The van der Waals surface area contributed by atoms with Crippen LogP contribution in [0.3, 0.4) is 0 Å². The van der Waals surface area contributed by atoms with E-state index in [-0.39, 0.29) is 26.2 Å². The fraction of sp³-hybridized carbons (Fsp3) is 0.0556. The molecular weight excluding hydrogens is 463 g/mol. The number of carbonyl (C=O) groups is 1. The van der Waals surface area contributed by atoms with Crippen LogP contribution < -0.4 is 10.0 Å². The van der Waals surface area contributed by atoms with Crippen molar-refractivity contribution in [3.8, 4) is 0 Å². The number of hydrogen-bond acceptors (Lipinski definition) is 4. The number of benzene rings is 2. The molecule has 10 heteroatoms. The first-order valence-electron chi connectivity index (χ1n) is 7.84. The van der Waals surface area contributed by atoms with Gasteiger partial charge in [0.05, 0.1) is 27.8 Å². The molecule has 0 spiro atoms. The molecule has 1 heterocycles. The van der Waals surface area contributed by atoms with Crippen molar-refractivity contribution < 1.29 is 13.2 Å². The second-order valence-corrected chi connectivity index (χ2v) is 9.57. The highest BCUT2D eigenvalue weighted by molar-refractivity contribution is 7.92. The summed E-state index contributed by atoms with van der Waals surface area (Å²) in [6, 6.07) is 12.3. The van der Waals surface area contributed by atoms with E-state index in [4.69, 9.17) is 34.8 Å². The molecule has 2 aromatic carbocycles. The lowest BCUT2D eigenvalue weighted by Crippen LogP contribution is -2.23. The Bertz CT molecular complexity index is 1120. The summed E-state index contributed by atoms with van der Waals surface area (Å²) in [7, 11) is -4.07. The first-order chi connectivity index (χ1) is 13.3. The molecule has 0 aliphatic rings. The zero-order valence-corrected chi connectivity index (χ0v) is 18.0. The minimum Gasteiger partial charge on any atom is -0.347 e. The number of sulfonamides is 1. The molecule has 0 bridgehead atoms. The van der Waals surface area contributed by atoms with Gasteiger partial charge < -0.3 is 5.32 Å². The van der Waals surface area contributed by atoms with Gasteiger partial charge in [-0.2, -0.15) is 0 Å². The van der Waals surface area contributed by atoms with Crippen molar-refractivity contribution in [1.82, 2.24) is 5.32 Å². The number of anilines is 1. The summed E-state index contributed by atoms with van der Waals surface area (Å²) < 4.78 is 27.9. The largest absolute Gasteiger partial charge is 0.347 e. The normalized spacial score (nSPS) is 11.2. The van der Waals surface area contributed by atoms with Crippen LogP contribution >= 0.6 is 46.1 Å². The molecular formula is C18H13Cl3N2O3S2. The van der Waals surface area contributed by atoms with Crippen molar-refractivity contribution >= 4 is 67.8 Å². The topological polar surface area (TPSA) is 75.3 Å². The van der Waals surface area contributed by atoms with Gasteiger partial charge in [0, 0.05) is 9.90 Å². The van der Waals surface area contributed by atoms with Gasteiger partial charge in [0.15, 0.2) is 0 Å². The van der Waals surface area contributed by atoms with Crippen LogP contribution in [0.15, 0.2) is 58.8 Å². The van der Waals surface area contributed by atoms with Crippen LogP contribution in [0.4, 0.5) is 5.69 Å². The molecule has 5 nitrogen and oxygen atoms in total. The number of nitrogens with one attached hydrogen (secondary N) is 2. The Hall–Kier alpha value is -1.77. The summed E-state index contributed by atoms with van der Waals surface area (Å²) in [5.74, 6) is -0.505. The lowest BCUT2D eigenvalue weighted by atomic mass is 10.2. The fourth-order valence-corrected chi connectivity index (χ4v) is 5.09. The second-order valence-electron chi connectivity index (χ2n) is 5.64. The maximum Gasteiger partial charge on any atom is 0.263 e. The zero-order valence-electron chi connectivity index (χ0n) is 14.1. The van der Waals surface area contributed by atoms with Crippen LogP contribution in [-0.4, -0.2) is 14.3 Å². The summed E-state index contributed by atoms with van der Waals surface area (Å²) >= 11 is 19.6. The second kappa shape index (κ2) is 8.71. The van der Waals surface area contributed by atoms with E-state index in [0.29, 0.717) is 11.6 Å². The average molecular weight is 476 g/mol. The molecule has 0 aliphatic carbocycles. The maximum absolute atomic E-state index is 12.8. The number of hydrogen-bond donors (Lipinski definition) is 2. The number of thiophene rings is 1. The molecule has 0 atom stereocenters. The van der Waals surface area contributed by atoms with Crippen molar-refractivity contribution in [1.29, 1.82) is 0 Å². The van der Waals surface area contributed by atoms with E-state index in [1.807, 2.05) is 17.5 Å². The Morgan fingerprint density at radius 2 is 1.79 bits per heavy atom. The molecule has 0 saturated carbocycles. The van der Waals surface area contributed by atoms with Gasteiger partial charge >= 0.3 is 0 Å². The highest BCUT2D eigenvalue weighted by Gasteiger charge is 2.23. The molecule has 146 valence electrons. The van der Waals surface area contributed by atoms with Gasteiger partial charge in [-0.05, 0) is 41.8 Å². The lowest BCUT2D eigenvalue weighted by molar-refractivity contribution is 0.0951. The van der Waals surface area contributed by atoms with E-state index < -0.39 is 15.9 Å². The predicted molar refractivity (Wildman–Crippen MR) is 114 cm³/mol. The van der Waals surface area contributed by atoms with Crippen molar-refractivity contribution in [2.45, 2.75) is 11.4 Å². The summed E-state index contributed by atoms with van der Waals surface area (Å²) in [5.41, 5.74) is 0.274. The number of carbonyl (C=O) groups excluding carboxylic acids is 1. The molecule has 1 aromatic heterocycles. The highest BCUT2D eigenvalue weighted by Crippen LogP contribution is 2.30. The molecule has 28 heavy (non-hydrogen) atoms. The number of amides is 1. The van der Waals surface area contributed by atoms with Gasteiger partial charge in [-0.1, -0.05) is 46.9 Å². The fourth-order valence-electron chi connectivity index (χ4n) is 2.35. The molecule has 0 fully saturated rings. The van der Waals surface area contributed by atoms with Crippen LogP contribution in [0, 0.1) is 0 Å². The molecule has 0 radical (unpaired) electrons. The Labute approximate surface area is 181 Å². The van der Waals surface area contributed by atoms with Crippen molar-refractivity contribution in [3.63, 3.8) is 0 Å². The summed E-state index contributed by atoms with van der Waals surface area (Å²) in [6.45, 7) is 0.304. The number of halogens is 3. The van der Waals surface area contributed by atoms with Crippen LogP contribution in [0.25, 0.3) is 0 Å². The van der Waals surface area contributed by atoms with E-state index in [2.05, 4.69) is 10.0 Å². The van der Waals surface area contributed by atoms with Gasteiger partial charge in [0.25, 0.3) is 15.9 Å². The molecule has 2 N–H and O–H groups in total. The Balaban J connectivity index is 1.88. The third kappa shape index (κ3) is 4.98. The minimum absolute atomic E-state index is 0.00842. The van der Waals surface area contributed by atoms with Crippen molar-refractivity contribution in [2.24, 2.45) is 0 Å². The SMILES string of the molecule is O=C(NCc1cccs1)c1cc(S(=O)(=O)Nc2cccc(Cl)c2)c(Cl)cc1Cl. The van der Waals surface area contributed by atoms with E-state index >= 15 is 0 Å². The monoisotopic (exact) mass is 474 g/mol. The van der Waals surface area contributed by atoms with Gasteiger partial charge in [-0.25, -0.2) is 8.42 Å². The zero-order chi connectivity index (χ0) is 20.3. The molecule has 0 saturated heterocycles. The van der Waals surface area contributed by atoms with Gasteiger partial charge in [-0.15, -0.1) is 11.3 Å². The predicted octanol–water partition coefficient (Wildman–Crippen LogP) is 5.44. The Morgan fingerprint density at radius 1 is 1.00 bits per heavy atom. The standard InChI is InChI=1S/C18H13Cl3N2O3S2/c19-11-3-1-4-12(7-11)23-28(25,26)17-8-14(15(20)9-16(17)21)18(24)22-10-13-5-2-6-27-13/h1-9,23H,10H2,(H,22,24). The first-order valence-corrected chi connectivity index (χ1v) is 11.3. The Morgan fingerprint density at radius 3 is 2.46 bits per heavy atom. The quantitative estimate of drug-likeness (QED) is 0.498. The van der Waals surface area contributed by atoms with E-state index in [1.54, 1.807) is 18.2 Å². The van der Waals surface area contributed by atoms with Crippen LogP contribution in [0.5, 0.6) is 0 Å². The van der Waals surface area contributed by atoms with Gasteiger partial charge in [-0.3, -0.25) is 9.52 Å². The maximum atomic E-state index is 12.8. The van der Waals surface area contributed by atoms with Crippen LogP contribution in [0.1, 0.15) is 15.2 Å². The molecule has 3 aromatic rings. The average Bonchev–Trinajstić information content (AvgIpc) is 3.12. The summed E-state index contributed by atoms with van der Waals surface area (Å²) in [4.78, 5) is 13.2. The van der Waals surface area contributed by atoms with Gasteiger partial charge in [0.1, 0.15) is 4.90 Å². The summed E-state index contributed by atoms with van der Waals surface area (Å²) in [5, 5.41) is 4.92. The van der Waals surface area contributed by atoms with Crippen molar-refractivity contribution in [3.05, 3.63) is 79.4 Å². The third-order valence-electron chi connectivity index (χ3n) is 3.64. The van der Waals surface area contributed by atoms with Gasteiger partial charge in [0.2, 0.25) is 0 Å². The van der Waals surface area contributed by atoms with E-state index in [0.717, 1.165) is 10.9 Å². The van der Waals surface area contributed by atoms with E-state index in [1.165, 1.54) is 23.5 Å². The first kappa shape index (κ1) is 21.0. The smallest absolute Gasteiger partial charge is 0.263 e. The summed E-state index contributed by atoms with van der Waals surface area (Å²) in [6.07, 6.45) is 0. The lowest BCUT2D eigenvalue weighted by Gasteiger charge is -2.13.